The van der Waals surface area contributed by atoms with E-state index in [1.54, 1.807) is 6.07 Å². The summed E-state index contributed by atoms with van der Waals surface area (Å²) < 4.78 is 1.87. The summed E-state index contributed by atoms with van der Waals surface area (Å²) in [6.45, 7) is 0. The van der Waals surface area contributed by atoms with Crippen LogP contribution in [0.3, 0.4) is 0 Å². The van der Waals surface area contributed by atoms with Crippen LogP contribution in [0.15, 0.2) is 52.6 Å². The van der Waals surface area contributed by atoms with E-state index in [1.165, 1.54) is 11.8 Å². The van der Waals surface area contributed by atoms with Crippen LogP contribution < -0.4 is 0 Å². The van der Waals surface area contributed by atoms with E-state index in [-0.39, 0.29) is 0 Å². The Morgan fingerprint density at radius 3 is 2.89 bits per heavy atom. The van der Waals surface area contributed by atoms with Crippen LogP contribution in [0.5, 0.6) is 0 Å². The topological polar surface area (TPSA) is 54.0 Å². The maximum atomic E-state index is 9.15. The molecule has 3 aromatic rings. The van der Waals surface area contributed by atoms with Gasteiger partial charge < -0.3 is 0 Å². The monoisotopic (exact) mass is 286 g/mol. The summed E-state index contributed by atoms with van der Waals surface area (Å²) in [6, 6.07) is 13.2. The minimum Gasteiger partial charge on any atom is -0.277 e. The first kappa shape index (κ1) is 12.0. The molecule has 0 amide bonds. The smallest absolute Gasteiger partial charge is 0.200 e. The van der Waals surface area contributed by atoms with Gasteiger partial charge in [-0.15, -0.1) is 10.2 Å². The maximum absolute atomic E-state index is 9.15. The summed E-state index contributed by atoms with van der Waals surface area (Å²) in [5.41, 5.74) is 1.23. The number of nitriles is 1. The highest BCUT2D eigenvalue weighted by Crippen LogP contribution is 2.32. The van der Waals surface area contributed by atoms with Crippen molar-refractivity contribution < 1.29 is 0 Å². The van der Waals surface area contributed by atoms with Crippen molar-refractivity contribution in [1.82, 2.24) is 14.6 Å². The van der Waals surface area contributed by atoms with Crippen LogP contribution in [-0.2, 0) is 0 Å². The third-order valence-corrected chi connectivity index (χ3v) is 3.91. The molecule has 2 heterocycles. The SMILES string of the molecule is N#Cc1c(Cl)cccc1Sc1nnc2ccccn12. The van der Waals surface area contributed by atoms with Gasteiger partial charge in [0.15, 0.2) is 10.8 Å². The van der Waals surface area contributed by atoms with Crippen molar-refractivity contribution in [1.29, 1.82) is 5.26 Å². The highest BCUT2D eigenvalue weighted by Gasteiger charge is 2.11. The molecule has 92 valence electrons. The predicted octanol–water partition coefficient (Wildman–Crippen LogP) is 3.41. The van der Waals surface area contributed by atoms with Crippen molar-refractivity contribution in [2.24, 2.45) is 0 Å². The van der Waals surface area contributed by atoms with Gasteiger partial charge in [0.1, 0.15) is 6.07 Å². The molecular weight excluding hydrogens is 280 g/mol. The summed E-state index contributed by atoms with van der Waals surface area (Å²) in [5.74, 6) is 0. The van der Waals surface area contributed by atoms with Crippen LogP contribution in [0.4, 0.5) is 0 Å². The fourth-order valence-corrected chi connectivity index (χ4v) is 2.89. The lowest BCUT2D eigenvalue weighted by atomic mass is 10.2. The summed E-state index contributed by atoms with van der Waals surface area (Å²) in [4.78, 5) is 0.771. The average Bonchev–Trinajstić information content (AvgIpc) is 2.83. The van der Waals surface area contributed by atoms with E-state index in [1.807, 2.05) is 40.9 Å². The van der Waals surface area contributed by atoms with Gasteiger partial charge in [0.2, 0.25) is 0 Å². The largest absolute Gasteiger partial charge is 0.277 e. The second-order valence-corrected chi connectivity index (χ2v) is 5.15. The number of benzene rings is 1. The summed E-state index contributed by atoms with van der Waals surface area (Å²) >= 11 is 7.38. The number of aromatic nitrogens is 3. The van der Waals surface area contributed by atoms with E-state index in [0.717, 1.165) is 10.5 Å². The number of halogens is 1. The molecule has 0 aliphatic carbocycles. The molecule has 0 aliphatic rings. The highest BCUT2D eigenvalue weighted by molar-refractivity contribution is 7.99. The molecule has 0 atom stereocenters. The Kier molecular flexibility index (Phi) is 3.11. The van der Waals surface area contributed by atoms with Gasteiger partial charge in [-0.05, 0) is 36.0 Å². The first-order chi connectivity index (χ1) is 9.29. The van der Waals surface area contributed by atoms with Gasteiger partial charge in [0.25, 0.3) is 0 Å². The Balaban J connectivity index is 2.07. The molecule has 0 saturated carbocycles. The molecule has 6 heteroatoms. The van der Waals surface area contributed by atoms with Gasteiger partial charge in [-0.2, -0.15) is 5.26 Å². The lowest BCUT2D eigenvalue weighted by Gasteiger charge is -2.03. The summed E-state index contributed by atoms with van der Waals surface area (Å²) in [6.07, 6.45) is 1.88. The van der Waals surface area contributed by atoms with Gasteiger partial charge in [-0.3, -0.25) is 4.40 Å². The highest BCUT2D eigenvalue weighted by atomic mass is 35.5. The molecule has 3 rings (SSSR count). The molecule has 0 spiro atoms. The van der Waals surface area contributed by atoms with Crippen LogP contribution in [-0.4, -0.2) is 14.6 Å². The van der Waals surface area contributed by atoms with Crippen LogP contribution in [0, 0.1) is 11.3 Å². The third kappa shape index (κ3) is 2.16. The third-order valence-electron chi connectivity index (χ3n) is 2.57. The zero-order valence-corrected chi connectivity index (χ0v) is 11.2. The predicted molar refractivity (Wildman–Crippen MR) is 73.3 cm³/mol. The minimum atomic E-state index is 0.446. The van der Waals surface area contributed by atoms with Crippen molar-refractivity contribution in [2.45, 2.75) is 10.1 Å². The van der Waals surface area contributed by atoms with Crippen molar-refractivity contribution in [2.75, 3.05) is 0 Å². The van der Waals surface area contributed by atoms with Gasteiger partial charge in [-0.25, -0.2) is 0 Å². The number of nitrogens with zero attached hydrogens (tertiary/aromatic N) is 4. The van der Waals surface area contributed by atoms with Crippen LogP contribution in [0.25, 0.3) is 5.65 Å². The van der Waals surface area contributed by atoms with Crippen molar-refractivity contribution in [3.63, 3.8) is 0 Å². The van der Waals surface area contributed by atoms with Gasteiger partial charge >= 0.3 is 0 Å². The molecule has 4 nitrogen and oxygen atoms in total. The molecule has 0 radical (unpaired) electrons. The van der Waals surface area contributed by atoms with Crippen molar-refractivity contribution >= 4 is 29.0 Å². The molecular formula is C13H7ClN4S. The molecule has 0 aliphatic heterocycles. The molecule has 0 fully saturated rings. The molecule has 19 heavy (non-hydrogen) atoms. The second kappa shape index (κ2) is 4.92. The van der Waals surface area contributed by atoms with Crippen LogP contribution in [0.1, 0.15) is 5.56 Å². The molecule has 1 aromatic carbocycles. The Morgan fingerprint density at radius 2 is 2.05 bits per heavy atom. The Bertz CT molecular complexity index is 791. The van der Waals surface area contributed by atoms with E-state index in [2.05, 4.69) is 16.3 Å². The fourth-order valence-electron chi connectivity index (χ4n) is 1.69. The quantitative estimate of drug-likeness (QED) is 0.724. The summed E-state index contributed by atoms with van der Waals surface area (Å²) in [7, 11) is 0. The molecule has 0 saturated heterocycles. The fraction of sp³-hybridized carbons (Fsp3) is 0. The van der Waals surface area contributed by atoms with Crippen LogP contribution in [0.2, 0.25) is 5.02 Å². The zero-order valence-electron chi connectivity index (χ0n) is 9.62. The van der Waals surface area contributed by atoms with E-state index < -0.39 is 0 Å². The zero-order chi connectivity index (χ0) is 13.2. The molecule has 2 aromatic heterocycles. The van der Waals surface area contributed by atoms with E-state index >= 15 is 0 Å². The first-order valence-corrected chi connectivity index (χ1v) is 6.65. The van der Waals surface area contributed by atoms with Crippen molar-refractivity contribution in [3.8, 4) is 6.07 Å². The number of rotatable bonds is 2. The standard InChI is InChI=1S/C13H7ClN4S/c14-10-4-3-5-11(9(10)8-15)19-13-17-16-12-6-1-2-7-18(12)13/h1-7H. The number of hydrogen-bond acceptors (Lipinski definition) is 4. The van der Waals surface area contributed by atoms with Crippen molar-refractivity contribution in [3.05, 3.63) is 53.2 Å². The first-order valence-electron chi connectivity index (χ1n) is 5.46. The van der Waals surface area contributed by atoms with E-state index in [9.17, 15) is 0 Å². The molecule has 0 unspecified atom stereocenters. The minimum absolute atomic E-state index is 0.446. The average molecular weight is 287 g/mol. The number of hydrogen-bond donors (Lipinski definition) is 0. The Labute approximate surface area is 118 Å². The van der Waals surface area contributed by atoms with E-state index in [4.69, 9.17) is 16.9 Å². The van der Waals surface area contributed by atoms with Gasteiger partial charge in [0, 0.05) is 11.1 Å². The van der Waals surface area contributed by atoms with Gasteiger partial charge in [-0.1, -0.05) is 23.7 Å². The summed E-state index contributed by atoms with van der Waals surface area (Å²) in [5, 5.41) is 18.5. The van der Waals surface area contributed by atoms with E-state index in [0.29, 0.717) is 15.7 Å². The lowest BCUT2D eigenvalue weighted by Crippen LogP contribution is -1.88. The van der Waals surface area contributed by atoms with Gasteiger partial charge in [0.05, 0.1) is 10.6 Å². The maximum Gasteiger partial charge on any atom is 0.200 e. The Hall–Kier alpha value is -2.03. The number of pyridine rings is 1. The number of fused-ring (bicyclic) bond motifs is 1. The molecule has 0 bridgehead atoms. The lowest BCUT2D eigenvalue weighted by molar-refractivity contribution is 0.921. The Morgan fingerprint density at radius 1 is 1.16 bits per heavy atom. The molecule has 0 N–H and O–H groups in total. The van der Waals surface area contributed by atoms with Crippen LogP contribution >= 0.6 is 23.4 Å². The second-order valence-electron chi connectivity index (χ2n) is 3.74. The normalized spacial score (nSPS) is 10.5.